The third-order valence-corrected chi connectivity index (χ3v) is 2.52. The number of rotatable bonds is 4. The highest BCUT2D eigenvalue weighted by molar-refractivity contribution is 5.95. The SMILES string of the molecule is CCC(C)=NNC(=O)c1ccc([N+](=O)[O-])c(C)c1. The first-order valence-electron chi connectivity index (χ1n) is 5.54. The number of nitrogens with zero attached hydrogens (tertiary/aromatic N) is 2. The monoisotopic (exact) mass is 249 g/mol. The number of aryl methyl sites for hydroxylation is 1. The van der Waals surface area contributed by atoms with E-state index in [0.717, 1.165) is 12.1 Å². The molecule has 96 valence electrons. The number of benzene rings is 1. The van der Waals surface area contributed by atoms with Gasteiger partial charge in [-0.15, -0.1) is 0 Å². The molecule has 0 saturated heterocycles. The van der Waals surface area contributed by atoms with Crippen molar-refractivity contribution in [1.82, 2.24) is 5.43 Å². The summed E-state index contributed by atoms with van der Waals surface area (Å²) >= 11 is 0. The number of hydrogen-bond acceptors (Lipinski definition) is 4. The van der Waals surface area contributed by atoms with Crippen LogP contribution in [0.4, 0.5) is 5.69 Å². The van der Waals surface area contributed by atoms with Gasteiger partial charge < -0.3 is 0 Å². The standard InChI is InChI=1S/C12H15N3O3/c1-4-9(3)13-14-12(16)10-5-6-11(15(17)18)8(2)7-10/h5-7H,4H2,1-3H3,(H,14,16). The van der Waals surface area contributed by atoms with E-state index in [9.17, 15) is 14.9 Å². The average molecular weight is 249 g/mol. The van der Waals surface area contributed by atoms with Crippen molar-refractivity contribution in [3.05, 3.63) is 39.4 Å². The second kappa shape index (κ2) is 5.90. The molecule has 0 aliphatic heterocycles. The van der Waals surface area contributed by atoms with Gasteiger partial charge in [0.2, 0.25) is 0 Å². The Morgan fingerprint density at radius 2 is 2.17 bits per heavy atom. The molecule has 0 bridgehead atoms. The molecule has 18 heavy (non-hydrogen) atoms. The summed E-state index contributed by atoms with van der Waals surface area (Å²) in [5.41, 5.74) is 4.01. The van der Waals surface area contributed by atoms with Crippen LogP contribution in [-0.4, -0.2) is 16.5 Å². The molecular weight excluding hydrogens is 234 g/mol. The number of carbonyl (C=O) groups excluding carboxylic acids is 1. The summed E-state index contributed by atoms with van der Waals surface area (Å²) in [5, 5.41) is 14.5. The molecule has 6 heteroatoms. The van der Waals surface area contributed by atoms with Crippen molar-refractivity contribution in [1.29, 1.82) is 0 Å². The summed E-state index contributed by atoms with van der Waals surface area (Å²) in [6.07, 6.45) is 0.750. The number of carbonyl (C=O) groups is 1. The highest BCUT2D eigenvalue weighted by Gasteiger charge is 2.13. The molecule has 1 aromatic carbocycles. The fourth-order valence-corrected chi connectivity index (χ4v) is 1.29. The molecule has 1 aromatic rings. The fraction of sp³-hybridized carbons (Fsp3) is 0.333. The minimum absolute atomic E-state index is 0.000194. The van der Waals surface area contributed by atoms with E-state index in [4.69, 9.17) is 0 Å². The Balaban J connectivity index is 2.88. The van der Waals surface area contributed by atoms with Gasteiger partial charge in [-0.3, -0.25) is 14.9 Å². The first-order chi connectivity index (χ1) is 8.45. The number of hydrazone groups is 1. The van der Waals surface area contributed by atoms with Crippen LogP contribution in [0.1, 0.15) is 36.2 Å². The lowest BCUT2D eigenvalue weighted by Gasteiger charge is -2.03. The number of nitro benzene ring substituents is 1. The van der Waals surface area contributed by atoms with E-state index in [1.807, 2.05) is 6.92 Å². The van der Waals surface area contributed by atoms with E-state index in [1.54, 1.807) is 13.8 Å². The Hall–Kier alpha value is -2.24. The van der Waals surface area contributed by atoms with E-state index in [0.29, 0.717) is 11.1 Å². The van der Waals surface area contributed by atoms with Gasteiger partial charge in [0.1, 0.15) is 0 Å². The van der Waals surface area contributed by atoms with Gasteiger partial charge in [0.25, 0.3) is 11.6 Å². The van der Waals surface area contributed by atoms with E-state index < -0.39 is 4.92 Å². The smallest absolute Gasteiger partial charge is 0.267 e. The average Bonchev–Trinajstić information content (AvgIpc) is 2.34. The number of amides is 1. The maximum atomic E-state index is 11.7. The van der Waals surface area contributed by atoms with Crippen molar-refractivity contribution < 1.29 is 9.72 Å². The normalized spacial score (nSPS) is 11.2. The highest BCUT2D eigenvalue weighted by atomic mass is 16.6. The second-order valence-electron chi connectivity index (χ2n) is 3.90. The van der Waals surface area contributed by atoms with Gasteiger partial charge in [-0.1, -0.05) is 6.92 Å². The van der Waals surface area contributed by atoms with Gasteiger partial charge in [0.05, 0.1) is 4.92 Å². The van der Waals surface area contributed by atoms with E-state index >= 15 is 0 Å². The van der Waals surface area contributed by atoms with Crippen molar-refractivity contribution >= 4 is 17.3 Å². The Bertz CT molecular complexity index is 509. The topological polar surface area (TPSA) is 84.6 Å². The molecule has 1 rings (SSSR count). The van der Waals surface area contributed by atoms with Crippen LogP contribution in [-0.2, 0) is 0 Å². The lowest BCUT2D eigenvalue weighted by molar-refractivity contribution is -0.385. The minimum atomic E-state index is -0.476. The van der Waals surface area contributed by atoms with Gasteiger partial charge in [0.15, 0.2) is 0 Å². The molecule has 0 aromatic heterocycles. The van der Waals surface area contributed by atoms with Crippen LogP contribution in [0.2, 0.25) is 0 Å². The zero-order valence-electron chi connectivity index (χ0n) is 10.6. The van der Waals surface area contributed by atoms with Crippen molar-refractivity contribution in [3.63, 3.8) is 0 Å². The first-order valence-corrected chi connectivity index (χ1v) is 5.54. The van der Waals surface area contributed by atoms with Gasteiger partial charge >= 0.3 is 0 Å². The van der Waals surface area contributed by atoms with Gasteiger partial charge in [-0.25, -0.2) is 5.43 Å². The zero-order valence-corrected chi connectivity index (χ0v) is 10.6. The number of nitro groups is 1. The van der Waals surface area contributed by atoms with Gasteiger partial charge in [0, 0.05) is 22.9 Å². The van der Waals surface area contributed by atoms with Crippen molar-refractivity contribution in [2.75, 3.05) is 0 Å². The maximum Gasteiger partial charge on any atom is 0.272 e. The predicted molar refractivity (Wildman–Crippen MR) is 68.7 cm³/mol. The van der Waals surface area contributed by atoms with E-state index in [2.05, 4.69) is 10.5 Å². The van der Waals surface area contributed by atoms with Gasteiger partial charge in [-0.2, -0.15) is 5.10 Å². The van der Waals surface area contributed by atoms with Crippen LogP contribution in [0.3, 0.4) is 0 Å². The van der Waals surface area contributed by atoms with E-state index in [-0.39, 0.29) is 11.6 Å². The van der Waals surface area contributed by atoms with Crippen LogP contribution < -0.4 is 5.43 Å². The van der Waals surface area contributed by atoms with Crippen molar-refractivity contribution in [3.8, 4) is 0 Å². The molecule has 0 fully saturated rings. The summed E-state index contributed by atoms with van der Waals surface area (Å²) in [5.74, 6) is -0.374. The molecule has 0 aliphatic carbocycles. The Morgan fingerprint density at radius 3 is 2.67 bits per heavy atom. The highest BCUT2D eigenvalue weighted by Crippen LogP contribution is 2.18. The lowest BCUT2D eigenvalue weighted by Crippen LogP contribution is -2.19. The molecule has 0 atom stereocenters. The maximum absolute atomic E-state index is 11.7. The quantitative estimate of drug-likeness (QED) is 0.505. The predicted octanol–water partition coefficient (Wildman–Crippen LogP) is 2.42. The van der Waals surface area contributed by atoms with Crippen molar-refractivity contribution in [2.45, 2.75) is 27.2 Å². The zero-order chi connectivity index (χ0) is 13.7. The summed E-state index contributed by atoms with van der Waals surface area (Å²) in [7, 11) is 0. The Kier molecular flexibility index (Phi) is 4.53. The largest absolute Gasteiger partial charge is 0.272 e. The lowest BCUT2D eigenvalue weighted by atomic mass is 10.1. The second-order valence-corrected chi connectivity index (χ2v) is 3.90. The molecule has 6 nitrogen and oxygen atoms in total. The summed E-state index contributed by atoms with van der Waals surface area (Å²) in [4.78, 5) is 21.9. The molecule has 0 spiro atoms. The van der Waals surface area contributed by atoms with E-state index in [1.165, 1.54) is 18.2 Å². The first kappa shape index (κ1) is 13.8. The molecule has 0 heterocycles. The molecule has 0 aliphatic rings. The number of hydrogen-bond donors (Lipinski definition) is 1. The van der Waals surface area contributed by atoms with Crippen molar-refractivity contribution in [2.24, 2.45) is 5.10 Å². The van der Waals surface area contributed by atoms with Gasteiger partial charge in [-0.05, 0) is 32.4 Å². The van der Waals surface area contributed by atoms with Crippen LogP contribution in [0.25, 0.3) is 0 Å². The van der Waals surface area contributed by atoms with Crippen LogP contribution in [0, 0.1) is 17.0 Å². The summed E-state index contributed by atoms with van der Waals surface area (Å²) < 4.78 is 0. The Morgan fingerprint density at radius 1 is 1.50 bits per heavy atom. The molecule has 0 unspecified atom stereocenters. The van der Waals surface area contributed by atoms with Crippen LogP contribution >= 0.6 is 0 Å². The Labute approximate surface area is 105 Å². The molecule has 0 radical (unpaired) electrons. The summed E-state index contributed by atoms with van der Waals surface area (Å²) in [6, 6.07) is 4.21. The summed E-state index contributed by atoms with van der Waals surface area (Å²) in [6.45, 7) is 5.33. The fourth-order valence-electron chi connectivity index (χ4n) is 1.29. The molecule has 1 amide bonds. The molecule has 0 saturated carbocycles. The third-order valence-electron chi connectivity index (χ3n) is 2.52. The minimum Gasteiger partial charge on any atom is -0.267 e. The molecular formula is C12H15N3O3. The molecule has 1 N–H and O–H groups in total. The number of nitrogens with one attached hydrogen (secondary N) is 1. The van der Waals surface area contributed by atoms with Crippen LogP contribution in [0.5, 0.6) is 0 Å². The van der Waals surface area contributed by atoms with Crippen LogP contribution in [0.15, 0.2) is 23.3 Å². The third kappa shape index (κ3) is 3.38.